The third kappa shape index (κ3) is 4.09. The summed E-state index contributed by atoms with van der Waals surface area (Å²) in [5.74, 6) is 0.180. The van der Waals surface area contributed by atoms with Crippen molar-refractivity contribution in [2.45, 2.75) is 13.8 Å². The van der Waals surface area contributed by atoms with Crippen LogP contribution in [0.1, 0.15) is 28.4 Å². The summed E-state index contributed by atoms with van der Waals surface area (Å²) in [4.78, 5) is 11.9. The summed E-state index contributed by atoms with van der Waals surface area (Å²) in [5, 5.41) is 13.5. The van der Waals surface area contributed by atoms with Gasteiger partial charge in [0.05, 0.1) is 12.8 Å². The normalized spacial score (nSPS) is 10.6. The first kappa shape index (κ1) is 15.6. The molecule has 0 saturated heterocycles. The second kappa shape index (κ2) is 7.26. The molecular formula is C17H18N2O3. The van der Waals surface area contributed by atoms with Gasteiger partial charge in [0.15, 0.2) is 11.5 Å². The SMILES string of the molecule is CCOc1cc(/C=N/NC(=O)c2ccc(C)cc2)ccc1O. The van der Waals surface area contributed by atoms with E-state index in [1.807, 2.05) is 26.0 Å². The monoisotopic (exact) mass is 298 g/mol. The molecule has 0 atom stereocenters. The number of hydrogen-bond donors (Lipinski definition) is 2. The smallest absolute Gasteiger partial charge is 0.271 e. The first-order chi connectivity index (χ1) is 10.6. The molecule has 1 amide bonds. The zero-order chi connectivity index (χ0) is 15.9. The quantitative estimate of drug-likeness (QED) is 0.658. The Bertz CT molecular complexity index is 679. The Hall–Kier alpha value is -2.82. The van der Waals surface area contributed by atoms with E-state index in [4.69, 9.17) is 4.74 Å². The second-order valence-corrected chi connectivity index (χ2v) is 4.73. The molecule has 0 aromatic heterocycles. The summed E-state index contributed by atoms with van der Waals surface area (Å²) in [6.07, 6.45) is 1.49. The van der Waals surface area contributed by atoms with Crippen LogP contribution in [-0.4, -0.2) is 23.8 Å². The largest absolute Gasteiger partial charge is 0.504 e. The van der Waals surface area contributed by atoms with Crippen LogP contribution in [-0.2, 0) is 0 Å². The Kier molecular flexibility index (Phi) is 5.14. The minimum atomic E-state index is -0.278. The van der Waals surface area contributed by atoms with E-state index in [-0.39, 0.29) is 11.7 Å². The third-order valence-corrected chi connectivity index (χ3v) is 2.98. The standard InChI is InChI=1S/C17H18N2O3/c1-3-22-16-10-13(6-9-15(16)20)11-18-19-17(21)14-7-4-12(2)5-8-14/h4-11,20H,3H2,1-2H3,(H,19,21)/b18-11+. The van der Waals surface area contributed by atoms with Crippen LogP contribution in [0.3, 0.4) is 0 Å². The minimum absolute atomic E-state index is 0.0719. The number of carbonyl (C=O) groups is 1. The Balaban J connectivity index is 2.01. The summed E-state index contributed by atoms with van der Waals surface area (Å²) >= 11 is 0. The summed E-state index contributed by atoms with van der Waals surface area (Å²) in [6.45, 7) is 4.25. The number of phenols is 1. The van der Waals surface area contributed by atoms with Crippen LogP contribution in [0, 0.1) is 6.92 Å². The van der Waals surface area contributed by atoms with E-state index in [1.165, 1.54) is 12.3 Å². The lowest BCUT2D eigenvalue weighted by Gasteiger charge is -2.06. The number of phenolic OH excluding ortho intramolecular Hbond substituents is 1. The molecule has 0 saturated carbocycles. The first-order valence-corrected chi connectivity index (χ1v) is 6.96. The number of aromatic hydroxyl groups is 1. The van der Waals surface area contributed by atoms with E-state index in [2.05, 4.69) is 10.5 Å². The van der Waals surface area contributed by atoms with Gasteiger partial charge in [-0.3, -0.25) is 4.79 Å². The van der Waals surface area contributed by atoms with Crippen molar-refractivity contribution in [1.82, 2.24) is 5.43 Å². The lowest BCUT2D eigenvalue weighted by Crippen LogP contribution is -2.17. The number of hydrazone groups is 1. The molecule has 0 fully saturated rings. The minimum Gasteiger partial charge on any atom is -0.504 e. The van der Waals surface area contributed by atoms with Crippen LogP contribution in [0.2, 0.25) is 0 Å². The molecule has 114 valence electrons. The van der Waals surface area contributed by atoms with E-state index >= 15 is 0 Å². The van der Waals surface area contributed by atoms with E-state index < -0.39 is 0 Å². The maximum Gasteiger partial charge on any atom is 0.271 e. The lowest BCUT2D eigenvalue weighted by atomic mass is 10.1. The van der Waals surface area contributed by atoms with Crippen LogP contribution in [0.15, 0.2) is 47.6 Å². The van der Waals surface area contributed by atoms with Crippen LogP contribution in [0.5, 0.6) is 11.5 Å². The number of ether oxygens (including phenoxy) is 1. The Morgan fingerprint density at radius 1 is 1.27 bits per heavy atom. The molecule has 0 radical (unpaired) electrons. The number of hydrogen-bond acceptors (Lipinski definition) is 4. The number of aryl methyl sites for hydroxylation is 1. The van der Waals surface area contributed by atoms with Crippen LogP contribution < -0.4 is 10.2 Å². The molecule has 2 aromatic carbocycles. The van der Waals surface area contributed by atoms with Gasteiger partial charge < -0.3 is 9.84 Å². The van der Waals surface area contributed by atoms with Crippen LogP contribution >= 0.6 is 0 Å². The predicted molar refractivity (Wildman–Crippen MR) is 85.5 cm³/mol. The molecule has 0 bridgehead atoms. The molecule has 0 aliphatic rings. The van der Waals surface area contributed by atoms with Crippen molar-refractivity contribution in [1.29, 1.82) is 0 Å². The molecule has 0 aliphatic carbocycles. The number of carbonyl (C=O) groups excluding carboxylic acids is 1. The summed E-state index contributed by atoms with van der Waals surface area (Å²) < 4.78 is 5.29. The highest BCUT2D eigenvalue weighted by Gasteiger charge is 2.04. The van der Waals surface area contributed by atoms with Gasteiger partial charge >= 0.3 is 0 Å². The van der Waals surface area contributed by atoms with Gasteiger partial charge in [-0.25, -0.2) is 5.43 Å². The molecule has 0 spiro atoms. The maximum absolute atomic E-state index is 11.9. The zero-order valence-electron chi connectivity index (χ0n) is 12.5. The fourth-order valence-corrected chi connectivity index (χ4v) is 1.82. The van der Waals surface area contributed by atoms with Crippen molar-refractivity contribution in [2.75, 3.05) is 6.61 Å². The van der Waals surface area contributed by atoms with E-state index in [0.29, 0.717) is 23.5 Å². The fraction of sp³-hybridized carbons (Fsp3) is 0.176. The lowest BCUT2D eigenvalue weighted by molar-refractivity contribution is 0.0955. The van der Waals surface area contributed by atoms with Crippen LogP contribution in [0.4, 0.5) is 0 Å². The molecule has 22 heavy (non-hydrogen) atoms. The number of nitrogens with zero attached hydrogens (tertiary/aromatic N) is 1. The number of amides is 1. The van der Waals surface area contributed by atoms with E-state index in [0.717, 1.165) is 5.56 Å². The predicted octanol–water partition coefficient (Wildman–Crippen LogP) is 2.86. The van der Waals surface area contributed by atoms with Crippen LogP contribution in [0.25, 0.3) is 0 Å². The molecule has 5 nitrogen and oxygen atoms in total. The van der Waals surface area contributed by atoms with Crippen molar-refractivity contribution < 1.29 is 14.6 Å². The van der Waals surface area contributed by atoms with Gasteiger partial charge in [0.1, 0.15) is 0 Å². The van der Waals surface area contributed by atoms with Crippen molar-refractivity contribution in [2.24, 2.45) is 5.10 Å². The van der Waals surface area contributed by atoms with Crippen molar-refractivity contribution in [3.05, 3.63) is 59.2 Å². The van der Waals surface area contributed by atoms with Gasteiger partial charge in [0, 0.05) is 5.56 Å². The van der Waals surface area contributed by atoms with Crippen molar-refractivity contribution in [3.63, 3.8) is 0 Å². The summed E-state index contributed by atoms with van der Waals surface area (Å²) in [7, 11) is 0. The Labute approximate surface area is 129 Å². The van der Waals surface area contributed by atoms with Crippen molar-refractivity contribution >= 4 is 12.1 Å². The zero-order valence-corrected chi connectivity index (χ0v) is 12.5. The molecule has 2 aromatic rings. The number of rotatable bonds is 5. The Morgan fingerprint density at radius 3 is 2.68 bits per heavy atom. The highest BCUT2D eigenvalue weighted by molar-refractivity contribution is 5.94. The average molecular weight is 298 g/mol. The topological polar surface area (TPSA) is 70.9 Å². The molecule has 0 heterocycles. The maximum atomic E-state index is 11.9. The van der Waals surface area contributed by atoms with Crippen molar-refractivity contribution in [3.8, 4) is 11.5 Å². The number of benzene rings is 2. The summed E-state index contributed by atoms with van der Waals surface area (Å²) in [6, 6.07) is 12.1. The molecule has 0 aliphatic heterocycles. The van der Waals surface area contributed by atoms with E-state index in [9.17, 15) is 9.90 Å². The average Bonchev–Trinajstić information content (AvgIpc) is 2.51. The molecule has 2 N–H and O–H groups in total. The third-order valence-electron chi connectivity index (χ3n) is 2.98. The highest BCUT2D eigenvalue weighted by atomic mass is 16.5. The molecular weight excluding hydrogens is 280 g/mol. The molecule has 0 unspecified atom stereocenters. The van der Waals surface area contributed by atoms with Gasteiger partial charge in [-0.2, -0.15) is 5.10 Å². The van der Waals surface area contributed by atoms with Gasteiger partial charge in [0.2, 0.25) is 0 Å². The molecule has 5 heteroatoms. The Morgan fingerprint density at radius 2 is 2.00 bits per heavy atom. The first-order valence-electron chi connectivity index (χ1n) is 6.96. The molecule has 2 rings (SSSR count). The number of nitrogens with one attached hydrogen (secondary N) is 1. The van der Waals surface area contributed by atoms with Gasteiger partial charge in [-0.15, -0.1) is 0 Å². The summed E-state index contributed by atoms with van der Waals surface area (Å²) in [5.41, 5.74) is 4.81. The fourth-order valence-electron chi connectivity index (χ4n) is 1.82. The van der Waals surface area contributed by atoms with Gasteiger partial charge in [0.25, 0.3) is 5.91 Å². The van der Waals surface area contributed by atoms with Gasteiger partial charge in [-0.1, -0.05) is 17.7 Å². The highest BCUT2D eigenvalue weighted by Crippen LogP contribution is 2.26. The second-order valence-electron chi connectivity index (χ2n) is 4.73. The van der Waals surface area contributed by atoms with Gasteiger partial charge in [-0.05, 0) is 49.7 Å². The van der Waals surface area contributed by atoms with E-state index in [1.54, 1.807) is 24.3 Å².